The van der Waals surface area contributed by atoms with Gasteiger partial charge < -0.3 is 14.8 Å². The van der Waals surface area contributed by atoms with Crippen molar-refractivity contribution in [3.05, 3.63) is 24.3 Å². The normalized spacial score (nSPS) is 11.8. The van der Waals surface area contributed by atoms with Gasteiger partial charge in [0.05, 0.1) is 14.2 Å². The van der Waals surface area contributed by atoms with E-state index in [0.29, 0.717) is 0 Å². The van der Waals surface area contributed by atoms with Crippen LogP contribution >= 0.6 is 0 Å². The van der Waals surface area contributed by atoms with Crippen LogP contribution in [0.25, 0.3) is 0 Å². The molecule has 0 amide bonds. The molecule has 0 bridgehead atoms. The first-order valence-corrected chi connectivity index (χ1v) is 7.19. The lowest BCUT2D eigenvalue weighted by molar-refractivity contribution is -0.141. The lowest BCUT2D eigenvalue weighted by Gasteiger charge is -2.17. The molecule has 0 radical (unpaired) electrons. The van der Waals surface area contributed by atoms with Crippen LogP contribution in [0.4, 0.5) is 5.69 Å². The summed E-state index contributed by atoms with van der Waals surface area (Å²) in [5.41, 5.74) is 0.900. The number of rotatable bonds is 9. The number of anilines is 1. The molecule has 0 heterocycles. The Morgan fingerprint density at radius 3 is 2.40 bits per heavy atom. The van der Waals surface area contributed by atoms with Crippen molar-refractivity contribution in [2.24, 2.45) is 0 Å². The van der Waals surface area contributed by atoms with Crippen molar-refractivity contribution in [3.63, 3.8) is 0 Å². The Morgan fingerprint density at radius 1 is 1.15 bits per heavy atom. The van der Waals surface area contributed by atoms with Crippen LogP contribution in [0.15, 0.2) is 24.3 Å². The smallest absolute Gasteiger partial charge is 0.328 e. The monoisotopic (exact) mass is 279 g/mol. The third-order valence-corrected chi connectivity index (χ3v) is 3.26. The summed E-state index contributed by atoms with van der Waals surface area (Å²) in [6.07, 6.45) is 5.36. The Labute approximate surface area is 121 Å². The number of esters is 1. The highest BCUT2D eigenvalue weighted by atomic mass is 16.5. The molecule has 0 saturated carbocycles. The molecule has 0 saturated heterocycles. The van der Waals surface area contributed by atoms with Gasteiger partial charge in [-0.3, -0.25) is 0 Å². The van der Waals surface area contributed by atoms with Crippen molar-refractivity contribution in [2.45, 2.75) is 45.1 Å². The number of methoxy groups -OCH3 is 2. The van der Waals surface area contributed by atoms with Crippen LogP contribution in [-0.2, 0) is 9.53 Å². The molecule has 20 heavy (non-hydrogen) atoms. The topological polar surface area (TPSA) is 47.6 Å². The minimum absolute atomic E-state index is 0.211. The summed E-state index contributed by atoms with van der Waals surface area (Å²) in [5.74, 6) is 0.588. The van der Waals surface area contributed by atoms with Gasteiger partial charge in [0.2, 0.25) is 0 Å². The standard InChI is InChI=1S/C16H25NO3/c1-4-5-6-7-8-15(16(18)20-3)17-13-9-11-14(19-2)12-10-13/h9-12,15,17H,4-8H2,1-3H3. The number of hydrogen-bond donors (Lipinski definition) is 1. The van der Waals surface area contributed by atoms with E-state index in [1.54, 1.807) is 7.11 Å². The van der Waals surface area contributed by atoms with Gasteiger partial charge in [0.25, 0.3) is 0 Å². The third-order valence-electron chi connectivity index (χ3n) is 3.26. The molecule has 0 spiro atoms. The molecular formula is C16H25NO3. The molecule has 0 aliphatic carbocycles. The molecule has 4 heteroatoms. The van der Waals surface area contributed by atoms with Crippen molar-refractivity contribution < 1.29 is 14.3 Å². The van der Waals surface area contributed by atoms with Gasteiger partial charge >= 0.3 is 5.97 Å². The molecule has 1 aromatic rings. The van der Waals surface area contributed by atoms with E-state index in [2.05, 4.69) is 12.2 Å². The van der Waals surface area contributed by atoms with Crippen LogP contribution in [0.3, 0.4) is 0 Å². The van der Waals surface area contributed by atoms with E-state index in [9.17, 15) is 4.79 Å². The molecule has 1 aromatic carbocycles. The average Bonchev–Trinajstić information content (AvgIpc) is 2.50. The van der Waals surface area contributed by atoms with Crippen molar-refractivity contribution in [2.75, 3.05) is 19.5 Å². The van der Waals surface area contributed by atoms with Gasteiger partial charge in [0.1, 0.15) is 11.8 Å². The van der Waals surface area contributed by atoms with Gasteiger partial charge in [-0.15, -0.1) is 0 Å². The lowest BCUT2D eigenvalue weighted by atomic mass is 10.1. The molecule has 112 valence electrons. The summed E-state index contributed by atoms with van der Waals surface area (Å²) >= 11 is 0. The van der Waals surface area contributed by atoms with Gasteiger partial charge in [-0.25, -0.2) is 4.79 Å². The average molecular weight is 279 g/mol. The van der Waals surface area contributed by atoms with Crippen LogP contribution in [-0.4, -0.2) is 26.2 Å². The Balaban J connectivity index is 2.56. The highest BCUT2D eigenvalue weighted by molar-refractivity contribution is 5.79. The van der Waals surface area contributed by atoms with E-state index in [1.807, 2.05) is 24.3 Å². The summed E-state index contributed by atoms with van der Waals surface area (Å²) in [5, 5.41) is 3.23. The highest BCUT2D eigenvalue weighted by Gasteiger charge is 2.18. The summed E-state index contributed by atoms with van der Waals surface area (Å²) in [6.45, 7) is 2.17. The molecule has 1 rings (SSSR count). The van der Waals surface area contributed by atoms with E-state index in [0.717, 1.165) is 30.7 Å². The maximum atomic E-state index is 11.8. The van der Waals surface area contributed by atoms with E-state index in [1.165, 1.54) is 20.0 Å². The molecule has 0 fully saturated rings. The highest BCUT2D eigenvalue weighted by Crippen LogP contribution is 2.18. The molecule has 1 atom stereocenters. The predicted octanol–water partition coefficient (Wildman–Crippen LogP) is 3.62. The van der Waals surface area contributed by atoms with Gasteiger partial charge in [-0.1, -0.05) is 32.6 Å². The summed E-state index contributed by atoms with van der Waals surface area (Å²) < 4.78 is 9.98. The second kappa shape index (κ2) is 9.23. The van der Waals surface area contributed by atoms with Crippen LogP contribution in [0.5, 0.6) is 5.75 Å². The fourth-order valence-electron chi connectivity index (χ4n) is 2.05. The Kier molecular flexibility index (Phi) is 7.55. The number of carbonyl (C=O) groups excluding carboxylic acids is 1. The fraction of sp³-hybridized carbons (Fsp3) is 0.562. The summed E-state index contributed by atoms with van der Waals surface area (Å²) in [4.78, 5) is 11.8. The van der Waals surface area contributed by atoms with Crippen molar-refractivity contribution >= 4 is 11.7 Å². The second-order valence-corrected chi connectivity index (χ2v) is 4.80. The zero-order valence-electron chi connectivity index (χ0n) is 12.6. The SMILES string of the molecule is CCCCCCC(Nc1ccc(OC)cc1)C(=O)OC. The van der Waals surface area contributed by atoms with Crippen LogP contribution in [0.1, 0.15) is 39.0 Å². The molecule has 4 nitrogen and oxygen atoms in total. The molecule has 0 aliphatic rings. The minimum Gasteiger partial charge on any atom is -0.497 e. The minimum atomic E-state index is -0.287. The predicted molar refractivity (Wildman–Crippen MR) is 81.2 cm³/mol. The number of nitrogens with one attached hydrogen (secondary N) is 1. The van der Waals surface area contributed by atoms with Gasteiger partial charge in [-0.2, -0.15) is 0 Å². The zero-order chi connectivity index (χ0) is 14.8. The van der Waals surface area contributed by atoms with E-state index >= 15 is 0 Å². The maximum absolute atomic E-state index is 11.8. The first kappa shape index (κ1) is 16.3. The first-order valence-electron chi connectivity index (χ1n) is 7.19. The third kappa shape index (κ3) is 5.51. The Morgan fingerprint density at radius 2 is 1.85 bits per heavy atom. The Hall–Kier alpha value is -1.71. The van der Waals surface area contributed by atoms with Crippen molar-refractivity contribution in [1.29, 1.82) is 0 Å². The second-order valence-electron chi connectivity index (χ2n) is 4.80. The zero-order valence-corrected chi connectivity index (χ0v) is 12.6. The quantitative estimate of drug-likeness (QED) is 0.554. The first-order chi connectivity index (χ1) is 9.71. The number of ether oxygens (including phenoxy) is 2. The van der Waals surface area contributed by atoms with E-state index in [4.69, 9.17) is 9.47 Å². The number of unbranched alkanes of at least 4 members (excludes halogenated alkanes) is 3. The molecule has 0 aromatic heterocycles. The molecule has 1 N–H and O–H groups in total. The maximum Gasteiger partial charge on any atom is 0.328 e. The lowest BCUT2D eigenvalue weighted by Crippen LogP contribution is -2.30. The van der Waals surface area contributed by atoms with Gasteiger partial charge in [0.15, 0.2) is 0 Å². The van der Waals surface area contributed by atoms with Crippen molar-refractivity contribution in [1.82, 2.24) is 0 Å². The number of hydrogen-bond acceptors (Lipinski definition) is 4. The molecular weight excluding hydrogens is 254 g/mol. The van der Waals surface area contributed by atoms with Crippen molar-refractivity contribution in [3.8, 4) is 5.75 Å². The Bertz CT molecular complexity index is 389. The van der Waals surface area contributed by atoms with Crippen LogP contribution in [0.2, 0.25) is 0 Å². The summed E-state index contributed by atoms with van der Waals surface area (Å²) in [7, 11) is 3.06. The molecule has 1 unspecified atom stereocenters. The fourth-order valence-corrected chi connectivity index (χ4v) is 2.05. The van der Waals surface area contributed by atoms with Gasteiger partial charge in [0, 0.05) is 5.69 Å². The van der Waals surface area contributed by atoms with E-state index in [-0.39, 0.29) is 12.0 Å². The number of carbonyl (C=O) groups is 1. The summed E-state index contributed by atoms with van der Waals surface area (Å²) in [6, 6.07) is 7.26. The van der Waals surface area contributed by atoms with Gasteiger partial charge in [-0.05, 0) is 30.7 Å². The van der Waals surface area contributed by atoms with Crippen LogP contribution < -0.4 is 10.1 Å². The largest absolute Gasteiger partial charge is 0.497 e. The van der Waals surface area contributed by atoms with Crippen LogP contribution in [0, 0.1) is 0 Å². The van der Waals surface area contributed by atoms with E-state index < -0.39 is 0 Å². The molecule has 0 aliphatic heterocycles. The number of benzene rings is 1.